The topological polar surface area (TPSA) is 12.0 Å². The second kappa shape index (κ2) is 5.20. The number of halogens is 2. The lowest BCUT2D eigenvalue weighted by Crippen LogP contribution is -2.42. The van der Waals surface area contributed by atoms with Gasteiger partial charge in [-0.1, -0.05) is 44.5 Å². The molecule has 1 saturated carbocycles. The molecule has 0 amide bonds. The summed E-state index contributed by atoms with van der Waals surface area (Å²) >= 11 is 0. The quantitative estimate of drug-likeness (QED) is 0.847. The van der Waals surface area contributed by atoms with E-state index in [-0.39, 0.29) is 11.0 Å². The molecule has 0 heterocycles. The van der Waals surface area contributed by atoms with Crippen LogP contribution in [0.15, 0.2) is 24.3 Å². The zero-order chi connectivity index (χ0) is 14.1. The van der Waals surface area contributed by atoms with Gasteiger partial charge in [0.2, 0.25) is 0 Å². The summed E-state index contributed by atoms with van der Waals surface area (Å²) in [6.07, 6.45) is 3.52. The van der Waals surface area contributed by atoms with Crippen LogP contribution in [0.3, 0.4) is 0 Å². The Morgan fingerprint density at radius 2 is 1.79 bits per heavy atom. The molecule has 0 atom stereocenters. The maximum atomic E-state index is 13.9. The number of rotatable bonds is 5. The first-order valence-corrected chi connectivity index (χ1v) is 7.06. The lowest BCUT2D eigenvalue weighted by molar-refractivity contribution is -0.0514. The summed E-state index contributed by atoms with van der Waals surface area (Å²) in [6.45, 7) is 4.04. The number of likely N-dealkylation sites (N-methyl/N-ethyl adjacent to an activating group) is 1. The standard InChI is InChI=1S/C16H23F2N/c1-12(2)16(17,18)14-7-5-13(6-8-14)15(11-19-3)9-4-10-15/h5-8,12,19H,4,9-11H2,1-3H3. The molecular weight excluding hydrogens is 244 g/mol. The Morgan fingerprint density at radius 1 is 1.21 bits per heavy atom. The van der Waals surface area contributed by atoms with Gasteiger partial charge in [-0.3, -0.25) is 0 Å². The summed E-state index contributed by atoms with van der Waals surface area (Å²) in [4.78, 5) is 0. The Bertz CT molecular complexity index is 419. The molecule has 1 N–H and O–H groups in total. The van der Waals surface area contributed by atoms with E-state index >= 15 is 0 Å². The van der Waals surface area contributed by atoms with Crippen LogP contribution in [0.2, 0.25) is 0 Å². The van der Waals surface area contributed by atoms with E-state index in [1.807, 2.05) is 19.2 Å². The molecular formula is C16H23F2N. The summed E-state index contributed by atoms with van der Waals surface area (Å²) < 4.78 is 27.9. The fourth-order valence-corrected chi connectivity index (χ4v) is 2.89. The van der Waals surface area contributed by atoms with Gasteiger partial charge in [0.05, 0.1) is 0 Å². The van der Waals surface area contributed by atoms with E-state index in [1.54, 1.807) is 26.0 Å². The van der Waals surface area contributed by atoms with E-state index in [9.17, 15) is 8.78 Å². The zero-order valence-corrected chi connectivity index (χ0v) is 12.0. The number of benzene rings is 1. The highest BCUT2D eigenvalue weighted by Crippen LogP contribution is 2.44. The van der Waals surface area contributed by atoms with Crippen molar-refractivity contribution in [2.45, 2.75) is 44.4 Å². The molecule has 0 aliphatic heterocycles. The van der Waals surface area contributed by atoms with Crippen LogP contribution >= 0.6 is 0 Å². The van der Waals surface area contributed by atoms with Gasteiger partial charge in [0.1, 0.15) is 0 Å². The maximum Gasteiger partial charge on any atom is 0.275 e. The Kier molecular flexibility index (Phi) is 3.95. The summed E-state index contributed by atoms with van der Waals surface area (Å²) in [5.74, 6) is -3.41. The Hall–Kier alpha value is -0.960. The number of hydrogen-bond donors (Lipinski definition) is 1. The molecule has 1 aromatic rings. The smallest absolute Gasteiger partial charge is 0.275 e. The van der Waals surface area contributed by atoms with Crippen LogP contribution < -0.4 is 5.32 Å². The third kappa shape index (κ3) is 2.53. The maximum absolute atomic E-state index is 13.9. The fourth-order valence-electron chi connectivity index (χ4n) is 2.89. The van der Waals surface area contributed by atoms with Crippen LogP contribution in [0.1, 0.15) is 44.2 Å². The van der Waals surface area contributed by atoms with Crippen LogP contribution in [0.5, 0.6) is 0 Å². The fraction of sp³-hybridized carbons (Fsp3) is 0.625. The highest BCUT2D eigenvalue weighted by Gasteiger charge is 2.39. The first-order chi connectivity index (χ1) is 8.92. The molecule has 0 bridgehead atoms. The molecule has 1 fully saturated rings. The van der Waals surface area contributed by atoms with Crippen LogP contribution in [-0.2, 0) is 11.3 Å². The molecule has 1 aliphatic rings. The van der Waals surface area contributed by atoms with Crippen LogP contribution in [0, 0.1) is 5.92 Å². The molecule has 0 spiro atoms. The van der Waals surface area contributed by atoms with Gasteiger partial charge in [0, 0.05) is 23.4 Å². The van der Waals surface area contributed by atoms with Crippen molar-refractivity contribution in [3.05, 3.63) is 35.4 Å². The van der Waals surface area contributed by atoms with Crippen molar-refractivity contribution in [2.24, 2.45) is 5.92 Å². The third-order valence-electron chi connectivity index (χ3n) is 4.43. The van der Waals surface area contributed by atoms with Crippen molar-refractivity contribution in [3.63, 3.8) is 0 Å². The van der Waals surface area contributed by atoms with Gasteiger partial charge >= 0.3 is 0 Å². The van der Waals surface area contributed by atoms with E-state index in [2.05, 4.69) is 5.32 Å². The Morgan fingerprint density at radius 3 is 2.16 bits per heavy atom. The molecule has 2 rings (SSSR count). The van der Waals surface area contributed by atoms with Gasteiger partial charge < -0.3 is 5.32 Å². The molecule has 0 aromatic heterocycles. The molecule has 1 nitrogen and oxygen atoms in total. The van der Waals surface area contributed by atoms with Crippen LogP contribution in [0.25, 0.3) is 0 Å². The van der Waals surface area contributed by atoms with E-state index in [4.69, 9.17) is 0 Å². The molecule has 1 aromatic carbocycles. The summed E-state index contributed by atoms with van der Waals surface area (Å²) in [7, 11) is 1.95. The SMILES string of the molecule is CNCC1(c2ccc(C(F)(F)C(C)C)cc2)CCC1. The van der Waals surface area contributed by atoms with Gasteiger partial charge in [0.15, 0.2) is 0 Å². The minimum Gasteiger partial charge on any atom is -0.319 e. The van der Waals surface area contributed by atoms with E-state index in [0.717, 1.165) is 19.4 Å². The molecule has 0 radical (unpaired) electrons. The van der Waals surface area contributed by atoms with Crippen molar-refractivity contribution in [3.8, 4) is 0 Å². The van der Waals surface area contributed by atoms with Crippen molar-refractivity contribution in [1.29, 1.82) is 0 Å². The van der Waals surface area contributed by atoms with Gasteiger partial charge in [-0.2, -0.15) is 0 Å². The number of nitrogens with one attached hydrogen (secondary N) is 1. The second-order valence-electron chi connectivity index (χ2n) is 6.02. The normalized spacial score (nSPS) is 18.4. The Labute approximate surface area is 114 Å². The van der Waals surface area contributed by atoms with E-state index in [0.29, 0.717) is 0 Å². The van der Waals surface area contributed by atoms with Gasteiger partial charge in [-0.15, -0.1) is 0 Å². The summed E-state index contributed by atoms with van der Waals surface area (Å²) in [5, 5.41) is 3.22. The molecule has 106 valence electrons. The minimum absolute atomic E-state index is 0.130. The highest BCUT2D eigenvalue weighted by molar-refractivity contribution is 5.33. The van der Waals surface area contributed by atoms with E-state index in [1.165, 1.54) is 12.0 Å². The molecule has 0 unspecified atom stereocenters. The van der Waals surface area contributed by atoms with Crippen molar-refractivity contribution in [2.75, 3.05) is 13.6 Å². The monoisotopic (exact) mass is 267 g/mol. The largest absolute Gasteiger partial charge is 0.319 e. The molecule has 3 heteroatoms. The first kappa shape index (κ1) is 14.4. The minimum atomic E-state index is -2.74. The van der Waals surface area contributed by atoms with Crippen LogP contribution in [-0.4, -0.2) is 13.6 Å². The van der Waals surface area contributed by atoms with Crippen LogP contribution in [0.4, 0.5) is 8.78 Å². The summed E-state index contributed by atoms with van der Waals surface area (Å²) in [5.41, 5.74) is 1.49. The first-order valence-electron chi connectivity index (χ1n) is 7.06. The highest BCUT2D eigenvalue weighted by atomic mass is 19.3. The zero-order valence-electron chi connectivity index (χ0n) is 12.0. The lowest BCUT2D eigenvalue weighted by Gasteiger charge is -2.42. The average molecular weight is 267 g/mol. The van der Waals surface area contributed by atoms with Gasteiger partial charge in [0.25, 0.3) is 5.92 Å². The number of alkyl halides is 2. The summed E-state index contributed by atoms with van der Waals surface area (Å²) in [6, 6.07) is 6.99. The predicted octanol–water partition coefficient (Wildman–Crippen LogP) is 4.08. The third-order valence-corrected chi connectivity index (χ3v) is 4.43. The van der Waals surface area contributed by atoms with E-state index < -0.39 is 11.8 Å². The number of hydrogen-bond acceptors (Lipinski definition) is 1. The predicted molar refractivity (Wildman–Crippen MR) is 74.6 cm³/mol. The molecule has 19 heavy (non-hydrogen) atoms. The molecule has 0 saturated heterocycles. The second-order valence-corrected chi connectivity index (χ2v) is 6.02. The Balaban J connectivity index is 2.23. The lowest BCUT2D eigenvalue weighted by atomic mass is 9.64. The van der Waals surface area contributed by atoms with Gasteiger partial charge in [-0.05, 0) is 25.5 Å². The van der Waals surface area contributed by atoms with Crippen molar-refractivity contribution < 1.29 is 8.78 Å². The average Bonchev–Trinajstić information content (AvgIpc) is 2.34. The molecule has 1 aliphatic carbocycles. The van der Waals surface area contributed by atoms with Crippen molar-refractivity contribution in [1.82, 2.24) is 5.32 Å². The van der Waals surface area contributed by atoms with Gasteiger partial charge in [-0.25, -0.2) is 8.78 Å². The van der Waals surface area contributed by atoms with Crippen molar-refractivity contribution >= 4 is 0 Å².